The molecule has 0 saturated carbocycles. The number of nitrogens with zero attached hydrogens (tertiary/aromatic N) is 2. The average molecular weight is 480 g/mol. The fourth-order valence-corrected chi connectivity index (χ4v) is 5.88. The van der Waals surface area contributed by atoms with Crippen molar-refractivity contribution < 1.29 is 17.7 Å². The van der Waals surface area contributed by atoms with Crippen LogP contribution in [0, 0.1) is 12.8 Å². The summed E-state index contributed by atoms with van der Waals surface area (Å²) in [6.07, 6.45) is 5.57. The molecule has 0 radical (unpaired) electrons. The Morgan fingerprint density at radius 1 is 1.15 bits per heavy atom. The van der Waals surface area contributed by atoms with Crippen LogP contribution in [0.1, 0.15) is 42.3 Å². The van der Waals surface area contributed by atoms with Crippen LogP contribution in [-0.4, -0.2) is 36.9 Å². The maximum atomic E-state index is 13.6. The van der Waals surface area contributed by atoms with Crippen LogP contribution in [0.5, 0.6) is 0 Å². The number of anilines is 1. The highest BCUT2D eigenvalue weighted by Crippen LogP contribution is 2.29. The molecule has 0 aliphatic carbocycles. The lowest BCUT2D eigenvalue weighted by molar-refractivity contribution is -0.120. The SMILES string of the molecule is CCc1ccc(NC(=O)[C@@H]2CCCN(S(=O)(=O)c3c(C)noc3/C=C/c3ccccc3)C2)cc1. The van der Waals surface area contributed by atoms with E-state index in [2.05, 4.69) is 17.4 Å². The van der Waals surface area contributed by atoms with Crippen molar-refractivity contribution in [3.63, 3.8) is 0 Å². The molecule has 3 aromatic rings. The van der Waals surface area contributed by atoms with E-state index in [-0.39, 0.29) is 23.1 Å². The molecule has 1 amide bonds. The molecular weight excluding hydrogens is 450 g/mol. The number of rotatable bonds is 7. The number of carbonyl (C=O) groups is 1. The third-order valence-corrected chi connectivity index (χ3v) is 8.07. The van der Waals surface area contributed by atoms with Gasteiger partial charge in [-0.2, -0.15) is 4.31 Å². The smallest absolute Gasteiger partial charge is 0.248 e. The van der Waals surface area contributed by atoms with E-state index in [0.29, 0.717) is 30.8 Å². The number of hydrogen-bond acceptors (Lipinski definition) is 5. The molecular formula is C26H29N3O4S. The van der Waals surface area contributed by atoms with Crippen LogP contribution in [0.2, 0.25) is 0 Å². The maximum Gasteiger partial charge on any atom is 0.248 e. The molecule has 0 spiro atoms. The third-order valence-electron chi connectivity index (χ3n) is 6.04. The summed E-state index contributed by atoms with van der Waals surface area (Å²) in [6.45, 7) is 4.16. The van der Waals surface area contributed by atoms with Crippen LogP contribution in [0.25, 0.3) is 12.2 Å². The van der Waals surface area contributed by atoms with E-state index < -0.39 is 15.9 Å². The molecule has 34 heavy (non-hydrogen) atoms. The minimum Gasteiger partial charge on any atom is -0.355 e. The van der Waals surface area contributed by atoms with E-state index in [1.807, 2.05) is 54.6 Å². The molecule has 4 rings (SSSR count). The Hall–Kier alpha value is -3.23. The summed E-state index contributed by atoms with van der Waals surface area (Å²) in [5, 5.41) is 6.83. The van der Waals surface area contributed by atoms with Crippen molar-refractivity contribution in [2.45, 2.75) is 38.0 Å². The molecule has 7 nitrogen and oxygen atoms in total. The molecule has 1 aromatic heterocycles. The maximum absolute atomic E-state index is 13.6. The van der Waals surface area contributed by atoms with Gasteiger partial charge in [0.1, 0.15) is 5.69 Å². The molecule has 1 aliphatic heterocycles. The Balaban J connectivity index is 1.51. The van der Waals surface area contributed by atoms with E-state index in [9.17, 15) is 13.2 Å². The van der Waals surface area contributed by atoms with Gasteiger partial charge in [-0.25, -0.2) is 8.42 Å². The quantitative estimate of drug-likeness (QED) is 0.528. The predicted octanol–water partition coefficient (Wildman–Crippen LogP) is 4.76. The van der Waals surface area contributed by atoms with E-state index >= 15 is 0 Å². The zero-order chi connectivity index (χ0) is 24.1. The predicted molar refractivity (Wildman–Crippen MR) is 133 cm³/mol. The zero-order valence-corrected chi connectivity index (χ0v) is 20.2. The number of benzene rings is 2. The van der Waals surface area contributed by atoms with Crippen LogP contribution >= 0.6 is 0 Å². The van der Waals surface area contributed by atoms with E-state index in [0.717, 1.165) is 12.0 Å². The van der Waals surface area contributed by atoms with Gasteiger partial charge in [-0.15, -0.1) is 0 Å². The first-order valence-corrected chi connectivity index (χ1v) is 12.9. The molecule has 1 fully saturated rings. The van der Waals surface area contributed by atoms with Crippen molar-refractivity contribution in [1.82, 2.24) is 9.46 Å². The van der Waals surface area contributed by atoms with Gasteiger partial charge in [-0.1, -0.05) is 60.6 Å². The van der Waals surface area contributed by atoms with Gasteiger partial charge < -0.3 is 9.84 Å². The molecule has 1 N–H and O–H groups in total. The van der Waals surface area contributed by atoms with Crippen molar-refractivity contribution in [2.24, 2.45) is 5.92 Å². The highest BCUT2D eigenvalue weighted by atomic mass is 32.2. The Morgan fingerprint density at radius 3 is 2.59 bits per heavy atom. The van der Waals surface area contributed by atoms with Crippen LogP contribution < -0.4 is 5.32 Å². The Morgan fingerprint density at radius 2 is 1.88 bits per heavy atom. The second-order valence-electron chi connectivity index (χ2n) is 8.45. The average Bonchev–Trinajstić information content (AvgIpc) is 3.25. The molecule has 2 aromatic carbocycles. The summed E-state index contributed by atoms with van der Waals surface area (Å²) in [4.78, 5) is 13.0. The number of hydrogen-bond donors (Lipinski definition) is 1. The number of aromatic nitrogens is 1. The van der Waals surface area contributed by atoms with Gasteiger partial charge in [0.15, 0.2) is 10.7 Å². The minimum atomic E-state index is -3.89. The lowest BCUT2D eigenvalue weighted by Crippen LogP contribution is -2.43. The van der Waals surface area contributed by atoms with Gasteiger partial charge in [-0.05, 0) is 55.5 Å². The molecule has 8 heteroatoms. The van der Waals surface area contributed by atoms with Gasteiger partial charge in [0.25, 0.3) is 0 Å². The fourth-order valence-electron chi connectivity index (χ4n) is 4.11. The first-order valence-electron chi connectivity index (χ1n) is 11.5. The van der Waals surface area contributed by atoms with E-state index in [4.69, 9.17) is 4.52 Å². The highest BCUT2D eigenvalue weighted by molar-refractivity contribution is 7.89. The number of piperidine rings is 1. The summed E-state index contributed by atoms with van der Waals surface area (Å²) in [6, 6.07) is 17.3. The number of aryl methyl sites for hydroxylation is 2. The van der Waals surface area contributed by atoms with Crippen LogP contribution in [-0.2, 0) is 21.2 Å². The summed E-state index contributed by atoms with van der Waals surface area (Å²) >= 11 is 0. The molecule has 0 bridgehead atoms. The Kier molecular flexibility index (Phi) is 7.29. The largest absolute Gasteiger partial charge is 0.355 e. The molecule has 2 heterocycles. The number of nitrogens with one attached hydrogen (secondary N) is 1. The standard InChI is InChI=1S/C26H29N3O4S/c1-3-20-11-14-23(15-12-20)27-26(30)22-10-7-17-29(18-22)34(31,32)25-19(2)28-33-24(25)16-13-21-8-5-4-6-9-21/h4-6,8-9,11-16,22H,3,7,10,17-18H2,1-2H3,(H,27,30)/b16-13+/t22-/m1/s1. The molecule has 1 aliphatic rings. The highest BCUT2D eigenvalue weighted by Gasteiger charge is 2.36. The molecule has 1 saturated heterocycles. The number of carbonyl (C=O) groups excluding carboxylic acids is 1. The van der Waals surface area contributed by atoms with Gasteiger partial charge in [0.05, 0.1) is 5.92 Å². The normalized spacial score (nSPS) is 17.2. The second-order valence-corrected chi connectivity index (χ2v) is 10.3. The molecule has 0 unspecified atom stereocenters. The van der Waals surface area contributed by atoms with Gasteiger partial charge in [0, 0.05) is 18.8 Å². The van der Waals surface area contributed by atoms with Crippen molar-refractivity contribution in [3.8, 4) is 0 Å². The van der Waals surface area contributed by atoms with Gasteiger partial charge >= 0.3 is 0 Å². The van der Waals surface area contributed by atoms with E-state index in [1.165, 1.54) is 9.87 Å². The number of sulfonamides is 1. The van der Waals surface area contributed by atoms with Gasteiger partial charge in [-0.3, -0.25) is 4.79 Å². The second kappa shape index (κ2) is 10.4. The lowest BCUT2D eigenvalue weighted by atomic mass is 9.98. The Bertz CT molecular complexity index is 1270. The Labute approximate surface area is 200 Å². The fraction of sp³-hybridized carbons (Fsp3) is 0.308. The van der Waals surface area contributed by atoms with Gasteiger partial charge in [0.2, 0.25) is 15.9 Å². The van der Waals surface area contributed by atoms with Crippen LogP contribution in [0.3, 0.4) is 0 Å². The van der Waals surface area contributed by atoms with Crippen LogP contribution in [0.15, 0.2) is 64.0 Å². The van der Waals surface area contributed by atoms with Crippen molar-refractivity contribution in [2.75, 3.05) is 18.4 Å². The van der Waals surface area contributed by atoms with Crippen LogP contribution in [0.4, 0.5) is 5.69 Å². The zero-order valence-electron chi connectivity index (χ0n) is 19.4. The summed E-state index contributed by atoms with van der Waals surface area (Å²) in [5.41, 5.74) is 3.12. The molecule has 178 valence electrons. The summed E-state index contributed by atoms with van der Waals surface area (Å²) in [5.74, 6) is -0.419. The third kappa shape index (κ3) is 5.29. The topological polar surface area (TPSA) is 92.5 Å². The minimum absolute atomic E-state index is 0.0518. The number of amides is 1. The first kappa shape index (κ1) is 23.9. The van der Waals surface area contributed by atoms with E-state index in [1.54, 1.807) is 19.1 Å². The first-order chi connectivity index (χ1) is 16.4. The summed E-state index contributed by atoms with van der Waals surface area (Å²) in [7, 11) is -3.89. The summed E-state index contributed by atoms with van der Waals surface area (Å²) < 4.78 is 33.8. The lowest BCUT2D eigenvalue weighted by Gasteiger charge is -2.31. The van der Waals surface area contributed by atoms with Crippen molar-refractivity contribution in [3.05, 3.63) is 77.2 Å². The van der Waals surface area contributed by atoms with Crippen molar-refractivity contribution in [1.29, 1.82) is 0 Å². The monoisotopic (exact) mass is 479 g/mol. The van der Waals surface area contributed by atoms with Crippen molar-refractivity contribution >= 4 is 33.8 Å². The molecule has 1 atom stereocenters.